The first-order valence-corrected chi connectivity index (χ1v) is 41.1. The van der Waals surface area contributed by atoms with Crippen LogP contribution in [0.5, 0.6) is 0 Å². The van der Waals surface area contributed by atoms with Crippen LogP contribution in [0, 0.1) is 0 Å². The van der Waals surface area contributed by atoms with Crippen molar-refractivity contribution in [2.24, 2.45) is 0 Å². The lowest BCUT2D eigenvalue weighted by Gasteiger charge is -2.21. The maximum Gasteiger partial charge on any atom is 0.472 e. The summed E-state index contributed by atoms with van der Waals surface area (Å²) in [6.45, 7) is 4.55. The van der Waals surface area contributed by atoms with Crippen LogP contribution in [0.15, 0.2) is 109 Å². The number of phosphoric ester groups is 2. The molecule has 0 aromatic rings. The third kappa shape index (κ3) is 70.2. The minimum Gasteiger partial charge on any atom is -0.462 e. The van der Waals surface area contributed by atoms with E-state index in [0.717, 1.165) is 167 Å². The Morgan fingerprint density at radius 2 is 0.541 bits per heavy atom. The smallest absolute Gasteiger partial charge is 0.462 e. The second kappa shape index (κ2) is 71.1. The zero-order chi connectivity index (χ0) is 71.8. The number of rotatable bonds is 71. The van der Waals surface area contributed by atoms with Gasteiger partial charge in [0.05, 0.1) is 26.4 Å². The number of aliphatic hydroxyl groups is 1. The molecule has 0 aromatic carbocycles. The van der Waals surface area contributed by atoms with Crippen molar-refractivity contribution >= 4 is 39.5 Å². The zero-order valence-corrected chi connectivity index (χ0v) is 63.2. The molecule has 5 unspecified atom stereocenters. The first kappa shape index (κ1) is 93.7. The van der Waals surface area contributed by atoms with Crippen LogP contribution >= 0.6 is 15.6 Å². The van der Waals surface area contributed by atoms with Crippen molar-refractivity contribution in [2.45, 2.75) is 329 Å². The highest BCUT2D eigenvalue weighted by molar-refractivity contribution is 7.47. The molecule has 0 aromatic heterocycles. The van der Waals surface area contributed by atoms with E-state index in [1.165, 1.54) is 64.2 Å². The van der Waals surface area contributed by atoms with Crippen molar-refractivity contribution in [2.75, 3.05) is 39.6 Å². The highest BCUT2D eigenvalue weighted by atomic mass is 31.2. The lowest BCUT2D eigenvalue weighted by molar-refractivity contribution is -0.161. The van der Waals surface area contributed by atoms with Crippen LogP contribution < -0.4 is 0 Å². The molecular formula is C79H136O17P2. The van der Waals surface area contributed by atoms with E-state index < -0.39 is 97.5 Å². The van der Waals surface area contributed by atoms with Crippen molar-refractivity contribution in [1.29, 1.82) is 0 Å². The molecule has 0 heterocycles. The standard InChI is InChI=1S/C79H136O17P2/c1-5-9-13-17-21-25-29-32-34-35-36-37-39-42-45-48-52-56-60-64-77(82)89-69-74(95-78(83)65-61-57-53-49-43-28-24-20-16-12-8-4)71-93-97(85,86)91-67-73(80)68-92-98(87,88)94-72-75(96-79(84)66-62-58-54-50-46-40-31-27-23-19-15-11-7-3)70-90-76(81)63-59-55-51-47-44-41-38-33-30-26-22-18-14-10-6-2/h9-10,13-14,20-22,24-26,32-34,36-38,42,45,73-75,80H,5-8,11-12,15-19,23,27-31,35,39-41,43-44,46-72H2,1-4H3,(H,85,86)(H,87,88)/b13-9-,14-10-,24-20-,25-21-,26-22-,34-32-,37-36-,38-33-,45-42-. The predicted molar refractivity (Wildman–Crippen MR) is 399 cm³/mol. The van der Waals surface area contributed by atoms with E-state index in [1.54, 1.807) is 0 Å². The van der Waals surface area contributed by atoms with Gasteiger partial charge in [-0.05, 0) is 122 Å². The summed E-state index contributed by atoms with van der Waals surface area (Å²) in [6.07, 6.45) is 75.1. The highest BCUT2D eigenvalue weighted by Crippen LogP contribution is 2.45. The summed E-state index contributed by atoms with van der Waals surface area (Å²) in [5, 5.41) is 10.6. The summed E-state index contributed by atoms with van der Waals surface area (Å²) in [7, 11) is -9.96. The van der Waals surface area contributed by atoms with Gasteiger partial charge in [0.25, 0.3) is 0 Å². The van der Waals surface area contributed by atoms with Gasteiger partial charge >= 0.3 is 39.5 Å². The van der Waals surface area contributed by atoms with Crippen LogP contribution in [0.3, 0.4) is 0 Å². The highest BCUT2D eigenvalue weighted by Gasteiger charge is 2.30. The van der Waals surface area contributed by atoms with E-state index in [2.05, 4.69) is 137 Å². The number of allylic oxidation sites excluding steroid dienone is 18. The average Bonchev–Trinajstić information content (AvgIpc) is 1.00. The maximum absolute atomic E-state index is 13.1. The monoisotopic (exact) mass is 1420 g/mol. The quantitative estimate of drug-likeness (QED) is 0.0169. The number of phosphoric acid groups is 2. The molecule has 5 atom stereocenters. The van der Waals surface area contributed by atoms with Crippen molar-refractivity contribution in [1.82, 2.24) is 0 Å². The average molecular weight is 1420 g/mol. The predicted octanol–water partition coefficient (Wildman–Crippen LogP) is 21.8. The summed E-state index contributed by atoms with van der Waals surface area (Å²) in [5.41, 5.74) is 0. The Hall–Kier alpha value is -4.28. The molecule has 0 aliphatic carbocycles. The van der Waals surface area contributed by atoms with Crippen LogP contribution in [-0.4, -0.2) is 96.7 Å². The third-order valence-electron chi connectivity index (χ3n) is 15.7. The molecule has 0 fully saturated rings. The van der Waals surface area contributed by atoms with E-state index in [1.807, 2.05) is 0 Å². The molecule has 98 heavy (non-hydrogen) atoms. The largest absolute Gasteiger partial charge is 0.472 e. The van der Waals surface area contributed by atoms with Gasteiger partial charge in [0.2, 0.25) is 0 Å². The number of carbonyl (C=O) groups excluding carboxylic acids is 4. The zero-order valence-electron chi connectivity index (χ0n) is 61.4. The number of ether oxygens (including phenoxy) is 4. The van der Waals surface area contributed by atoms with E-state index in [9.17, 15) is 43.2 Å². The fraction of sp³-hybridized carbons (Fsp3) is 0.722. The van der Waals surface area contributed by atoms with Gasteiger partial charge in [-0.3, -0.25) is 37.3 Å². The summed E-state index contributed by atoms with van der Waals surface area (Å²) in [6, 6.07) is 0. The van der Waals surface area contributed by atoms with E-state index in [4.69, 9.17) is 37.0 Å². The van der Waals surface area contributed by atoms with Crippen LogP contribution in [0.1, 0.15) is 310 Å². The molecule has 17 nitrogen and oxygen atoms in total. The molecule has 3 N–H and O–H groups in total. The summed E-state index contributed by atoms with van der Waals surface area (Å²) in [4.78, 5) is 72.8. The molecule has 19 heteroatoms. The fourth-order valence-electron chi connectivity index (χ4n) is 9.95. The summed E-state index contributed by atoms with van der Waals surface area (Å²) in [5.74, 6) is -2.23. The molecule has 0 bridgehead atoms. The Morgan fingerprint density at radius 1 is 0.296 bits per heavy atom. The second-order valence-electron chi connectivity index (χ2n) is 25.2. The van der Waals surface area contributed by atoms with Gasteiger partial charge in [-0.15, -0.1) is 0 Å². The molecular weight excluding hydrogens is 1280 g/mol. The first-order valence-electron chi connectivity index (χ1n) is 38.1. The Kier molecular flexibility index (Phi) is 68.0. The normalized spacial score (nSPS) is 14.6. The van der Waals surface area contributed by atoms with Crippen LogP contribution in [-0.2, 0) is 65.4 Å². The van der Waals surface area contributed by atoms with Gasteiger partial charge in [0, 0.05) is 25.7 Å². The van der Waals surface area contributed by atoms with E-state index in [0.29, 0.717) is 25.7 Å². The number of unbranched alkanes of at least 4 members (excludes halogenated alkanes) is 27. The second-order valence-corrected chi connectivity index (χ2v) is 28.1. The molecule has 0 aliphatic heterocycles. The van der Waals surface area contributed by atoms with E-state index >= 15 is 0 Å². The van der Waals surface area contributed by atoms with Crippen molar-refractivity contribution in [3.05, 3.63) is 109 Å². The Morgan fingerprint density at radius 3 is 0.867 bits per heavy atom. The van der Waals surface area contributed by atoms with Crippen LogP contribution in [0.4, 0.5) is 0 Å². The molecule has 0 saturated carbocycles. The SMILES string of the molecule is CC/C=C\C/C=C\C/C=C\C/C=C\C/C=C\CCCCCC(=O)OCC(COP(=O)(O)OCC(O)COP(=O)(O)OCC(COC(=O)CCCCCCC/C=C\C/C=C\C/C=C\CC)OC(=O)CCCCCCCCCCCCCCC)OC(=O)CCCCCCC/C=C\CCCC. The van der Waals surface area contributed by atoms with Crippen LogP contribution in [0.2, 0.25) is 0 Å². The van der Waals surface area contributed by atoms with Gasteiger partial charge in [-0.1, -0.05) is 272 Å². The third-order valence-corrected chi connectivity index (χ3v) is 17.6. The van der Waals surface area contributed by atoms with Crippen molar-refractivity contribution < 1.29 is 80.2 Å². The van der Waals surface area contributed by atoms with Crippen molar-refractivity contribution in [3.63, 3.8) is 0 Å². The molecule has 0 aliphatic rings. The number of hydrogen-bond acceptors (Lipinski definition) is 15. The summed E-state index contributed by atoms with van der Waals surface area (Å²) < 4.78 is 68.4. The van der Waals surface area contributed by atoms with Gasteiger partial charge < -0.3 is 33.8 Å². The lowest BCUT2D eigenvalue weighted by atomic mass is 10.0. The number of aliphatic hydroxyl groups excluding tert-OH is 1. The first-order chi connectivity index (χ1) is 47.7. The van der Waals surface area contributed by atoms with Gasteiger partial charge in [0.1, 0.15) is 19.3 Å². The topological polar surface area (TPSA) is 237 Å². The molecule has 0 saturated heterocycles. The van der Waals surface area contributed by atoms with E-state index in [-0.39, 0.29) is 25.7 Å². The van der Waals surface area contributed by atoms with Gasteiger partial charge in [-0.25, -0.2) is 9.13 Å². The number of carbonyl (C=O) groups is 4. The Bertz CT molecular complexity index is 2290. The Labute approximate surface area is 594 Å². The fourth-order valence-corrected chi connectivity index (χ4v) is 11.5. The molecule has 0 spiro atoms. The van der Waals surface area contributed by atoms with Crippen LogP contribution in [0.25, 0.3) is 0 Å². The Balaban J connectivity index is 5.34. The van der Waals surface area contributed by atoms with Crippen molar-refractivity contribution in [3.8, 4) is 0 Å². The lowest BCUT2D eigenvalue weighted by Crippen LogP contribution is -2.30. The summed E-state index contributed by atoms with van der Waals surface area (Å²) >= 11 is 0. The number of hydrogen-bond donors (Lipinski definition) is 3. The molecule has 0 rings (SSSR count). The van der Waals surface area contributed by atoms with Gasteiger partial charge in [-0.2, -0.15) is 0 Å². The molecule has 0 radical (unpaired) electrons. The molecule has 0 amide bonds. The van der Waals surface area contributed by atoms with Gasteiger partial charge in [0.15, 0.2) is 12.2 Å². The minimum absolute atomic E-state index is 0.0756. The maximum atomic E-state index is 13.1. The number of esters is 4. The molecule has 564 valence electrons. The minimum atomic E-state index is -4.98.